The minimum atomic E-state index is 0.744. The molecular weight excluding hydrogens is 270 g/mol. The van der Waals surface area contributed by atoms with Gasteiger partial charge in [0, 0.05) is 31.4 Å². The van der Waals surface area contributed by atoms with Crippen LogP contribution < -0.4 is 19.5 Å². The predicted molar refractivity (Wildman–Crippen MR) is 83.8 cm³/mol. The van der Waals surface area contributed by atoms with Crippen molar-refractivity contribution in [3.05, 3.63) is 17.7 Å². The molecule has 0 aromatic heterocycles. The summed E-state index contributed by atoms with van der Waals surface area (Å²) in [7, 11) is 6.69. The summed E-state index contributed by atoms with van der Waals surface area (Å²) in [6, 6.07) is 3.80. The average Bonchev–Trinajstić information content (AvgIpc) is 2.53. The van der Waals surface area contributed by atoms with Crippen molar-refractivity contribution in [2.45, 2.75) is 19.3 Å². The highest BCUT2D eigenvalue weighted by Crippen LogP contribution is 2.34. The van der Waals surface area contributed by atoms with Crippen LogP contribution in [0.15, 0.2) is 12.1 Å². The van der Waals surface area contributed by atoms with Crippen molar-refractivity contribution >= 4 is 0 Å². The van der Waals surface area contributed by atoms with E-state index in [9.17, 15) is 0 Å². The van der Waals surface area contributed by atoms with Crippen molar-refractivity contribution in [1.29, 1.82) is 0 Å². The molecule has 21 heavy (non-hydrogen) atoms. The average molecular weight is 297 g/mol. The van der Waals surface area contributed by atoms with Crippen LogP contribution in [0.4, 0.5) is 0 Å². The summed E-state index contributed by atoms with van der Waals surface area (Å²) in [4.78, 5) is 0. The van der Waals surface area contributed by atoms with Gasteiger partial charge in [0.1, 0.15) is 17.2 Å². The Hall–Kier alpha value is -1.46. The first-order valence-electron chi connectivity index (χ1n) is 7.25. The van der Waals surface area contributed by atoms with E-state index in [-0.39, 0.29) is 0 Å². The minimum absolute atomic E-state index is 0.744. The Morgan fingerprint density at radius 2 is 1.52 bits per heavy atom. The van der Waals surface area contributed by atoms with E-state index < -0.39 is 0 Å². The molecule has 120 valence electrons. The second kappa shape index (κ2) is 10.3. The fourth-order valence-corrected chi connectivity index (χ4v) is 2.18. The van der Waals surface area contributed by atoms with Crippen molar-refractivity contribution in [3.63, 3.8) is 0 Å². The van der Waals surface area contributed by atoms with Gasteiger partial charge in [-0.2, -0.15) is 0 Å². The van der Waals surface area contributed by atoms with Crippen LogP contribution in [0.1, 0.15) is 18.4 Å². The second-order valence-electron chi connectivity index (χ2n) is 4.71. The van der Waals surface area contributed by atoms with Crippen LogP contribution in [0.2, 0.25) is 0 Å². The van der Waals surface area contributed by atoms with E-state index in [2.05, 4.69) is 5.32 Å². The molecule has 0 fully saturated rings. The van der Waals surface area contributed by atoms with Crippen LogP contribution in [0.3, 0.4) is 0 Å². The number of ether oxygens (including phenoxy) is 4. The number of hydrogen-bond donors (Lipinski definition) is 1. The third-order valence-corrected chi connectivity index (χ3v) is 3.33. The van der Waals surface area contributed by atoms with E-state index >= 15 is 0 Å². The van der Waals surface area contributed by atoms with Gasteiger partial charge in [0.05, 0.1) is 27.9 Å². The summed E-state index contributed by atoms with van der Waals surface area (Å²) in [5.74, 6) is 2.38. The molecule has 1 rings (SSSR count). The molecule has 0 saturated heterocycles. The van der Waals surface area contributed by atoms with Gasteiger partial charge in [0.2, 0.25) is 0 Å². The molecule has 0 unspecified atom stereocenters. The van der Waals surface area contributed by atoms with Gasteiger partial charge in [-0.1, -0.05) is 0 Å². The molecule has 0 saturated carbocycles. The molecule has 0 bridgehead atoms. The van der Waals surface area contributed by atoms with E-state index in [4.69, 9.17) is 18.9 Å². The lowest BCUT2D eigenvalue weighted by Gasteiger charge is -2.15. The van der Waals surface area contributed by atoms with Crippen LogP contribution in [0.5, 0.6) is 17.2 Å². The largest absolute Gasteiger partial charge is 0.496 e. The Kier molecular flexibility index (Phi) is 8.62. The summed E-state index contributed by atoms with van der Waals surface area (Å²) in [5.41, 5.74) is 1.10. The van der Waals surface area contributed by atoms with E-state index in [0.717, 1.165) is 61.8 Å². The van der Waals surface area contributed by atoms with Gasteiger partial charge in [0.25, 0.3) is 0 Å². The van der Waals surface area contributed by atoms with E-state index in [0.29, 0.717) is 0 Å². The van der Waals surface area contributed by atoms with Crippen molar-refractivity contribution < 1.29 is 18.9 Å². The summed E-state index contributed by atoms with van der Waals surface area (Å²) in [6.07, 6.45) is 3.09. The van der Waals surface area contributed by atoms with Crippen molar-refractivity contribution in [2.75, 3.05) is 48.1 Å². The number of hydrogen-bond acceptors (Lipinski definition) is 5. The van der Waals surface area contributed by atoms with Gasteiger partial charge in [-0.25, -0.2) is 0 Å². The fourth-order valence-electron chi connectivity index (χ4n) is 2.18. The van der Waals surface area contributed by atoms with Gasteiger partial charge in [0.15, 0.2) is 0 Å². The van der Waals surface area contributed by atoms with Crippen molar-refractivity contribution in [2.24, 2.45) is 0 Å². The first-order valence-corrected chi connectivity index (χ1v) is 7.25. The lowest BCUT2D eigenvalue weighted by molar-refractivity contribution is 0.199. The maximum Gasteiger partial charge on any atom is 0.129 e. The number of rotatable bonds is 11. The molecular formula is C16H27NO4. The van der Waals surface area contributed by atoms with Crippen LogP contribution in [-0.4, -0.2) is 48.1 Å². The summed E-state index contributed by atoms with van der Waals surface area (Å²) in [6.45, 7) is 2.63. The molecule has 0 aliphatic rings. The summed E-state index contributed by atoms with van der Waals surface area (Å²) < 4.78 is 21.1. The highest BCUT2D eigenvalue weighted by molar-refractivity contribution is 5.50. The zero-order valence-electron chi connectivity index (χ0n) is 13.5. The van der Waals surface area contributed by atoms with Gasteiger partial charge in [-0.05, 0) is 25.8 Å². The molecule has 1 aromatic carbocycles. The Morgan fingerprint density at radius 1 is 0.857 bits per heavy atom. The Bertz CT molecular complexity index is 384. The zero-order chi connectivity index (χ0) is 15.5. The normalized spacial score (nSPS) is 10.5. The third kappa shape index (κ3) is 5.81. The van der Waals surface area contributed by atoms with Gasteiger partial charge < -0.3 is 24.3 Å². The van der Waals surface area contributed by atoms with E-state index in [1.54, 1.807) is 28.4 Å². The van der Waals surface area contributed by atoms with Crippen LogP contribution in [0, 0.1) is 0 Å². The Labute approximate surface area is 127 Å². The predicted octanol–water partition coefficient (Wildman–Crippen LogP) is 2.27. The first kappa shape index (κ1) is 17.6. The zero-order valence-corrected chi connectivity index (χ0v) is 13.5. The quantitative estimate of drug-likeness (QED) is 0.635. The topological polar surface area (TPSA) is 49.0 Å². The molecule has 0 atom stereocenters. The summed E-state index contributed by atoms with van der Waals surface area (Å²) in [5, 5.41) is 3.34. The molecule has 0 spiro atoms. The second-order valence-corrected chi connectivity index (χ2v) is 4.71. The van der Waals surface area contributed by atoms with Gasteiger partial charge in [-0.3, -0.25) is 0 Å². The maximum atomic E-state index is 5.45. The van der Waals surface area contributed by atoms with E-state index in [1.807, 2.05) is 12.1 Å². The highest BCUT2D eigenvalue weighted by Gasteiger charge is 2.12. The molecule has 0 heterocycles. The fraction of sp³-hybridized carbons (Fsp3) is 0.625. The molecule has 1 aromatic rings. The van der Waals surface area contributed by atoms with Crippen LogP contribution in [0.25, 0.3) is 0 Å². The lowest BCUT2D eigenvalue weighted by atomic mass is 10.1. The van der Waals surface area contributed by atoms with E-state index in [1.165, 1.54) is 0 Å². The third-order valence-electron chi connectivity index (χ3n) is 3.33. The smallest absolute Gasteiger partial charge is 0.129 e. The monoisotopic (exact) mass is 297 g/mol. The molecule has 0 radical (unpaired) electrons. The lowest BCUT2D eigenvalue weighted by Crippen LogP contribution is -2.20. The molecule has 0 amide bonds. The molecule has 0 aliphatic heterocycles. The van der Waals surface area contributed by atoms with Crippen molar-refractivity contribution in [3.8, 4) is 17.2 Å². The van der Waals surface area contributed by atoms with Crippen molar-refractivity contribution in [1.82, 2.24) is 5.32 Å². The molecule has 0 aliphatic carbocycles. The molecule has 5 heteroatoms. The Balaban J connectivity index is 2.53. The number of unbranched alkanes of at least 4 members (excludes halogenated alkanes) is 1. The van der Waals surface area contributed by atoms with Crippen LogP contribution in [-0.2, 0) is 11.2 Å². The number of methoxy groups -OCH3 is 4. The van der Waals surface area contributed by atoms with Gasteiger partial charge in [-0.15, -0.1) is 0 Å². The number of nitrogens with one attached hydrogen (secondary N) is 1. The van der Waals surface area contributed by atoms with Gasteiger partial charge >= 0.3 is 0 Å². The SMILES string of the molecule is COCCNCCCCc1c(OC)cc(OC)cc1OC. The first-order chi connectivity index (χ1) is 10.3. The number of benzene rings is 1. The molecule has 5 nitrogen and oxygen atoms in total. The minimum Gasteiger partial charge on any atom is -0.496 e. The Morgan fingerprint density at radius 3 is 2.05 bits per heavy atom. The standard InChI is InChI=1S/C16H27NO4/c1-18-10-9-17-8-6-5-7-14-15(20-3)11-13(19-2)12-16(14)21-4/h11-12,17H,5-10H2,1-4H3. The molecule has 1 N–H and O–H groups in total. The summed E-state index contributed by atoms with van der Waals surface area (Å²) >= 11 is 0. The highest BCUT2D eigenvalue weighted by atomic mass is 16.5. The van der Waals surface area contributed by atoms with Crippen LogP contribution >= 0.6 is 0 Å². The maximum absolute atomic E-state index is 5.45.